The van der Waals surface area contributed by atoms with Gasteiger partial charge in [0.2, 0.25) is 0 Å². The normalized spacial score (nSPS) is 13.3. The summed E-state index contributed by atoms with van der Waals surface area (Å²) < 4.78 is 40.8. The molecular formula is C12H17FO4S. The summed E-state index contributed by atoms with van der Waals surface area (Å²) in [5, 5.41) is 9.48. The van der Waals surface area contributed by atoms with Gasteiger partial charge in [-0.05, 0) is 19.1 Å². The van der Waals surface area contributed by atoms with Crippen LogP contribution in [0, 0.1) is 5.82 Å². The first-order chi connectivity index (χ1) is 8.35. The number of ether oxygens (including phenoxy) is 1. The molecule has 0 spiro atoms. The van der Waals surface area contributed by atoms with Gasteiger partial charge in [-0.1, -0.05) is 6.92 Å². The van der Waals surface area contributed by atoms with Crippen LogP contribution in [-0.4, -0.2) is 31.6 Å². The summed E-state index contributed by atoms with van der Waals surface area (Å²) in [6, 6.07) is 3.78. The lowest BCUT2D eigenvalue weighted by Gasteiger charge is -2.13. The summed E-state index contributed by atoms with van der Waals surface area (Å²) >= 11 is 0. The number of benzene rings is 1. The molecule has 1 aromatic rings. The Labute approximate surface area is 106 Å². The van der Waals surface area contributed by atoms with Crippen LogP contribution < -0.4 is 4.74 Å². The summed E-state index contributed by atoms with van der Waals surface area (Å²) in [5.41, 5.74) is 0.435. The third kappa shape index (κ3) is 4.27. The van der Waals surface area contributed by atoms with Gasteiger partial charge in [0.15, 0.2) is 9.84 Å². The molecule has 0 aliphatic rings. The van der Waals surface area contributed by atoms with Gasteiger partial charge in [0.1, 0.15) is 18.2 Å². The molecule has 0 aliphatic carbocycles. The van der Waals surface area contributed by atoms with Gasteiger partial charge >= 0.3 is 0 Å². The standard InChI is InChI=1S/C12H17FO4S/c1-3-18(15,16)7-6-17-12-8-10(13)4-5-11(12)9(2)14/h4-5,8-9,14H,3,6-7H2,1-2H3. The topological polar surface area (TPSA) is 63.6 Å². The fraction of sp³-hybridized carbons (Fsp3) is 0.500. The highest BCUT2D eigenvalue weighted by Crippen LogP contribution is 2.25. The number of hydrogen-bond acceptors (Lipinski definition) is 4. The maximum Gasteiger partial charge on any atom is 0.153 e. The fourth-order valence-electron chi connectivity index (χ4n) is 1.40. The lowest BCUT2D eigenvalue weighted by molar-refractivity contribution is 0.192. The molecule has 0 aromatic heterocycles. The van der Waals surface area contributed by atoms with Crippen molar-refractivity contribution in [1.29, 1.82) is 0 Å². The zero-order valence-electron chi connectivity index (χ0n) is 10.4. The van der Waals surface area contributed by atoms with E-state index in [9.17, 15) is 17.9 Å². The van der Waals surface area contributed by atoms with E-state index in [1.807, 2.05) is 0 Å². The molecule has 1 unspecified atom stereocenters. The maximum absolute atomic E-state index is 13.1. The van der Waals surface area contributed by atoms with Crippen molar-refractivity contribution >= 4 is 9.84 Å². The summed E-state index contributed by atoms with van der Waals surface area (Å²) in [7, 11) is -3.11. The molecule has 1 rings (SSSR count). The Balaban J connectivity index is 2.75. The second-order valence-electron chi connectivity index (χ2n) is 3.94. The molecule has 0 heterocycles. The highest BCUT2D eigenvalue weighted by Gasteiger charge is 2.12. The largest absolute Gasteiger partial charge is 0.492 e. The van der Waals surface area contributed by atoms with Gasteiger partial charge in [0, 0.05) is 17.4 Å². The highest BCUT2D eigenvalue weighted by atomic mass is 32.2. The number of aliphatic hydroxyl groups excluding tert-OH is 1. The van der Waals surface area contributed by atoms with Crippen LogP contribution in [-0.2, 0) is 9.84 Å². The number of sulfone groups is 1. The van der Waals surface area contributed by atoms with Crippen LogP contribution in [0.5, 0.6) is 5.75 Å². The van der Waals surface area contributed by atoms with E-state index in [1.54, 1.807) is 6.92 Å². The summed E-state index contributed by atoms with van der Waals surface area (Å²) in [6.45, 7) is 3.03. The van der Waals surface area contributed by atoms with E-state index in [-0.39, 0.29) is 23.9 Å². The number of halogens is 1. The van der Waals surface area contributed by atoms with Crippen molar-refractivity contribution in [3.8, 4) is 5.75 Å². The van der Waals surface area contributed by atoms with Gasteiger partial charge < -0.3 is 9.84 Å². The minimum Gasteiger partial charge on any atom is -0.492 e. The molecule has 102 valence electrons. The zero-order chi connectivity index (χ0) is 13.8. The van der Waals surface area contributed by atoms with Crippen molar-refractivity contribution < 1.29 is 22.7 Å². The van der Waals surface area contributed by atoms with Crippen molar-refractivity contribution in [2.75, 3.05) is 18.1 Å². The summed E-state index contributed by atoms with van der Waals surface area (Å²) in [4.78, 5) is 0. The molecule has 0 amide bonds. The first kappa shape index (κ1) is 14.9. The average molecular weight is 276 g/mol. The van der Waals surface area contributed by atoms with Gasteiger partial charge in [-0.3, -0.25) is 0 Å². The van der Waals surface area contributed by atoms with Crippen molar-refractivity contribution in [1.82, 2.24) is 0 Å². The van der Waals surface area contributed by atoms with Crippen molar-refractivity contribution in [2.45, 2.75) is 20.0 Å². The maximum atomic E-state index is 13.1. The van der Waals surface area contributed by atoms with E-state index in [1.165, 1.54) is 19.1 Å². The van der Waals surface area contributed by atoms with Gasteiger partial charge in [-0.15, -0.1) is 0 Å². The lowest BCUT2D eigenvalue weighted by Crippen LogP contribution is -2.16. The number of aliphatic hydroxyl groups is 1. The van der Waals surface area contributed by atoms with E-state index in [0.29, 0.717) is 5.56 Å². The minimum absolute atomic E-state index is 0.0444. The van der Waals surface area contributed by atoms with E-state index in [2.05, 4.69) is 0 Å². The second-order valence-corrected chi connectivity index (χ2v) is 6.42. The van der Waals surface area contributed by atoms with Crippen molar-refractivity contribution in [3.63, 3.8) is 0 Å². The van der Waals surface area contributed by atoms with Crippen LogP contribution in [0.2, 0.25) is 0 Å². The van der Waals surface area contributed by atoms with Crippen LogP contribution in [0.25, 0.3) is 0 Å². The SMILES string of the molecule is CCS(=O)(=O)CCOc1cc(F)ccc1C(C)O. The first-order valence-corrected chi connectivity index (χ1v) is 7.48. The Morgan fingerprint density at radius 2 is 2.11 bits per heavy atom. The molecule has 18 heavy (non-hydrogen) atoms. The van der Waals surface area contributed by atoms with E-state index in [0.717, 1.165) is 6.07 Å². The average Bonchev–Trinajstić information content (AvgIpc) is 2.28. The summed E-state index contributed by atoms with van der Waals surface area (Å²) in [6.07, 6.45) is -0.802. The lowest BCUT2D eigenvalue weighted by atomic mass is 10.1. The van der Waals surface area contributed by atoms with Crippen LogP contribution in [0.3, 0.4) is 0 Å². The van der Waals surface area contributed by atoms with Crippen LogP contribution >= 0.6 is 0 Å². The van der Waals surface area contributed by atoms with Gasteiger partial charge in [-0.2, -0.15) is 0 Å². The van der Waals surface area contributed by atoms with Gasteiger partial charge in [0.05, 0.1) is 11.9 Å². The first-order valence-electron chi connectivity index (χ1n) is 5.66. The third-order valence-electron chi connectivity index (χ3n) is 2.52. The van der Waals surface area contributed by atoms with E-state index >= 15 is 0 Å². The molecule has 6 heteroatoms. The molecule has 1 N–H and O–H groups in total. The molecular weight excluding hydrogens is 259 g/mol. The predicted molar refractivity (Wildman–Crippen MR) is 66.9 cm³/mol. The third-order valence-corrected chi connectivity index (χ3v) is 4.19. The molecule has 4 nitrogen and oxygen atoms in total. The van der Waals surface area contributed by atoms with Crippen molar-refractivity contribution in [3.05, 3.63) is 29.6 Å². The van der Waals surface area contributed by atoms with E-state index in [4.69, 9.17) is 4.74 Å². The number of hydrogen-bond donors (Lipinski definition) is 1. The Bertz CT molecular complexity index is 497. The van der Waals surface area contributed by atoms with Crippen molar-refractivity contribution in [2.24, 2.45) is 0 Å². The zero-order valence-corrected chi connectivity index (χ0v) is 11.2. The van der Waals surface area contributed by atoms with Crippen LogP contribution in [0.15, 0.2) is 18.2 Å². The molecule has 0 radical (unpaired) electrons. The molecule has 0 bridgehead atoms. The molecule has 0 fully saturated rings. The Morgan fingerprint density at radius 3 is 2.67 bits per heavy atom. The minimum atomic E-state index is -3.11. The van der Waals surface area contributed by atoms with Gasteiger partial charge in [0.25, 0.3) is 0 Å². The molecule has 1 atom stereocenters. The Hall–Kier alpha value is -1.14. The molecule has 1 aromatic carbocycles. The van der Waals surface area contributed by atoms with Gasteiger partial charge in [-0.25, -0.2) is 12.8 Å². The number of rotatable bonds is 6. The molecule has 0 saturated heterocycles. The summed E-state index contributed by atoms with van der Waals surface area (Å²) in [5.74, 6) is -0.397. The monoisotopic (exact) mass is 276 g/mol. The second kappa shape index (κ2) is 6.15. The molecule has 0 aliphatic heterocycles. The highest BCUT2D eigenvalue weighted by molar-refractivity contribution is 7.91. The van der Waals surface area contributed by atoms with Crippen LogP contribution in [0.1, 0.15) is 25.5 Å². The fourth-order valence-corrected chi connectivity index (χ4v) is 2.03. The Kier molecular flexibility index (Phi) is 5.10. The van der Waals surface area contributed by atoms with E-state index < -0.39 is 21.8 Å². The quantitative estimate of drug-likeness (QED) is 0.859. The molecule has 0 saturated carbocycles. The van der Waals surface area contributed by atoms with Crippen LogP contribution in [0.4, 0.5) is 4.39 Å². The smallest absolute Gasteiger partial charge is 0.153 e. The predicted octanol–water partition coefficient (Wildman–Crippen LogP) is 1.69. The Morgan fingerprint density at radius 1 is 1.44 bits per heavy atom.